The van der Waals surface area contributed by atoms with Gasteiger partial charge < -0.3 is 5.32 Å². The summed E-state index contributed by atoms with van der Waals surface area (Å²) >= 11 is 0. The smallest absolute Gasteiger partial charge is 0.139 e. The molecule has 0 saturated carbocycles. The van der Waals surface area contributed by atoms with Crippen molar-refractivity contribution in [3.8, 4) is 0 Å². The van der Waals surface area contributed by atoms with Crippen molar-refractivity contribution in [2.75, 3.05) is 0 Å². The van der Waals surface area contributed by atoms with Crippen molar-refractivity contribution in [3.05, 3.63) is 0 Å². The second-order valence-electron chi connectivity index (χ2n) is 5.57. The van der Waals surface area contributed by atoms with Gasteiger partial charge in [0.05, 0.1) is 0 Å². The van der Waals surface area contributed by atoms with E-state index in [2.05, 4.69) is 39.9 Å². The van der Waals surface area contributed by atoms with Gasteiger partial charge in [-0.2, -0.15) is 0 Å². The molecule has 3 atom stereocenters. The van der Waals surface area contributed by atoms with Gasteiger partial charge >= 0.3 is 0 Å². The third-order valence-electron chi connectivity index (χ3n) is 4.14. The van der Waals surface area contributed by atoms with E-state index in [9.17, 15) is 4.79 Å². The van der Waals surface area contributed by atoms with Crippen LogP contribution in [0.2, 0.25) is 0 Å². The van der Waals surface area contributed by atoms with Crippen molar-refractivity contribution in [3.63, 3.8) is 0 Å². The fraction of sp³-hybridized carbons (Fsp3) is 0.923. The molecule has 0 aliphatic carbocycles. The quantitative estimate of drug-likeness (QED) is 0.777. The van der Waals surface area contributed by atoms with Crippen molar-refractivity contribution in [1.82, 2.24) is 5.32 Å². The number of piperidine rings is 1. The van der Waals surface area contributed by atoms with Crippen LogP contribution in [0.3, 0.4) is 0 Å². The molecule has 15 heavy (non-hydrogen) atoms. The third kappa shape index (κ3) is 2.41. The highest BCUT2D eigenvalue weighted by Crippen LogP contribution is 2.35. The summed E-state index contributed by atoms with van der Waals surface area (Å²) in [5, 5.41) is 3.72. The summed E-state index contributed by atoms with van der Waals surface area (Å²) < 4.78 is 0. The first-order valence-corrected chi connectivity index (χ1v) is 6.19. The minimum atomic E-state index is -0.00512. The normalized spacial score (nSPS) is 41.9. The molecule has 1 heterocycles. The van der Waals surface area contributed by atoms with E-state index in [4.69, 9.17) is 0 Å². The highest BCUT2D eigenvalue weighted by atomic mass is 16.1. The fourth-order valence-corrected chi connectivity index (χ4v) is 2.75. The Bertz CT molecular complexity index is 251. The second-order valence-corrected chi connectivity index (χ2v) is 5.57. The van der Waals surface area contributed by atoms with E-state index in [1.54, 1.807) is 0 Å². The summed E-state index contributed by atoms with van der Waals surface area (Å²) in [7, 11) is 0. The van der Waals surface area contributed by atoms with E-state index < -0.39 is 0 Å². The minimum absolute atomic E-state index is 0.00512. The molecule has 2 nitrogen and oxygen atoms in total. The van der Waals surface area contributed by atoms with Crippen LogP contribution in [0.1, 0.15) is 60.3 Å². The number of hydrogen-bond acceptors (Lipinski definition) is 2. The van der Waals surface area contributed by atoms with Gasteiger partial charge in [0.2, 0.25) is 0 Å². The number of rotatable bonds is 3. The molecule has 88 valence electrons. The molecule has 3 unspecified atom stereocenters. The Balaban J connectivity index is 2.90. The summed E-state index contributed by atoms with van der Waals surface area (Å²) in [6.07, 6.45) is 3.91. The molecule has 1 aliphatic heterocycles. The molecule has 0 bridgehead atoms. The van der Waals surface area contributed by atoms with Gasteiger partial charge in [-0.05, 0) is 26.7 Å². The zero-order chi connectivity index (χ0) is 11.7. The number of carbonyl (C=O) groups excluding carboxylic acids is 1. The molecular formula is C13H25NO. The Morgan fingerprint density at radius 3 is 2.47 bits per heavy atom. The lowest BCUT2D eigenvalue weighted by atomic mass is 9.70. The van der Waals surface area contributed by atoms with Crippen LogP contribution in [0.4, 0.5) is 0 Å². The maximum absolute atomic E-state index is 12.0. The molecule has 0 aromatic rings. The van der Waals surface area contributed by atoms with Crippen LogP contribution >= 0.6 is 0 Å². The number of nitrogens with one attached hydrogen (secondary N) is 1. The van der Waals surface area contributed by atoms with E-state index >= 15 is 0 Å². The largest absolute Gasteiger partial charge is 0.305 e. The van der Waals surface area contributed by atoms with Crippen molar-refractivity contribution in [2.24, 2.45) is 5.92 Å². The van der Waals surface area contributed by atoms with Crippen LogP contribution in [0.5, 0.6) is 0 Å². The zero-order valence-electron chi connectivity index (χ0n) is 10.8. The minimum Gasteiger partial charge on any atom is -0.305 e. The van der Waals surface area contributed by atoms with E-state index in [-0.39, 0.29) is 17.0 Å². The lowest BCUT2D eigenvalue weighted by Gasteiger charge is -2.49. The molecule has 1 saturated heterocycles. The fourth-order valence-electron chi connectivity index (χ4n) is 2.75. The summed E-state index contributed by atoms with van der Waals surface area (Å²) in [4.78, 5) is 12.0. The number of ketones is 1. The summed E-state index contributed by atoms with van der Waals surface area (Å²) in [5.74, 6) is 0.575. The number of hydrogen-bond donors (Lipinski definition) is 1. The van der Waals surface area contributed by atoms with Crippen molar-refractivity contribution in [1.29, 1.82) is 0 Å². The van der Waals surface area contributed by atoms with E-state index in [0.29, 0.717) is 12.2 Å². The summed E-state index contributed by atoms with van der Waals surface area (Å²) in [6.45, 7) is 10.8. The first-order valence-electron chi connectivity index (χ1n) is 6.19. The molecule has 0 aromatic carbocycles. The molecule has 1 aliphatic rings. The molecule has 1 N–H and O–H groups in total. The highest BCUT2D eigenvalue weighted by molar-refractivity contribution is 5.84. The predicted molar refractivity (Wildman–Crippen MR) is 63.9 cm³/mol. The highest BCUT2D eigenvalue weighted by Gasteiger charge is 2.45. The lowest BCUT2D eigenvalue weighted by Crippen LogP contribution is -2.64. The Labute approximate surface area is 93.8 Å². The second kappa shape index (κ2) is 4.25. The maximum Gasteiger partial charge on any atom is 0.139 e. The SMILES string of the molecule is CCCC1(C)NC(C)(CC)CC(=O)C1C. The van der Waals surface area contributed by atoms with Gasteiger partial charge in [0.25, 0.3) is 0 Å². The number of Topliss-reactive ketones (excluding diaryl/α,β-unsaturated/α-hetero) is 1. The summed E-state index contributed by atoms with van der Waals surface area (Å²) in [5.41, 5.74) is 0.00234. The van der Waals surface area contributed by atoms with E-state index in [1.165, 1.54) is 0 Å². The lowest BCUT2D eigenvalue weighted by molar-refractivity contribution is -0.130. The molecule has 0 amide bonds. The van der Waals surface area contributed by atoms with Crippen molar-refractivity contribution < 1.29 is 4.79 Å². The Hall–Kier alpha value is -0.370. The van der Waals surface area contributed by atoms with Gasteiger partial charge in [-0.3, -0.25) is 4.79 Å². The van der Waals surface area contributed by atoms with Crippen LogP contribution in [-0.4, -0.2) is 16.9 Å². The first kappa shape index (κ1) is 12.7. The summed E-state index contributed by atoms with van der Waals surface area (Å²) in [6, 6.07) is 0. The van der Waals surface area contributed by atoms with Crippen LogP contribution in [-0.2, 0) is 4.79 Å². The van der Waals surface area contributed by atoms with E-state index in [1.807, 2.05) is 0 Å². The van der Waals surface area contributed by atoms with Crippen LogP contribution in [0.15, 0.2) is 0 Å². The van der Waals surface area contributed by atoms with Gasteiger partial charge in [0.1, 0.15) is 5.78 Å². The maximum atomic E-state index is 12.0. The van der Waals surface area contributed by atoms with Gasteiger partial charge in [0.15, 0.2) is 0 Å². The Morgan fingerprint density at radius 1 is 1.40 bits per heavy atom. The molecular weight excluding hydrogens is 186 g/mol. The molecule has 1 fully saturated rings. The van der Waals surface area contributed by atoms with Gasteiger partial charge in [0, 0.05) is 23.4 Å². The average molecular weight is 211 g/mol. The molecule has 0 spiro atoms. The Morgan fingerprint density at radius 2 is 2.00 bits per heavy atom. The van der Waals surface area contributed by atoms with Crippen molar-refractivity contribution in [2.45, 2.75) is 71.4 Å². The van der Waals surface area contributed by atoms with Crippen molar-refractivity contribution >= 4 is 5.78 Å². The average Bonchev–Trinajstić information content (AvgIpc) is 2.15. The molecule has 2 heteroatoms. The molecule has 0 aromatic heterocycles. The van der Waals surface area contributed by atoms with Gasteiger partial charge in [-0.1, -0.05) is 27.2 Å². The molecule has 0 radical (unpaired) electrons. The van der Waals surface area contributed by atoms with Gasteiger partial charge in [-0.25, -0.2) is 0 Å². The zero-order valence-corrected chi connectivity index (χ0v) is 10.8. The van der Waals surface area contributed by atoms with Gasteiger partial charge in [-0.15, -0.1) is 0 Å². The monoisotopic (exact) mass is 211 g/mol. The van der Waals surface area contributed by atoms with E-state index in [0.717, 1.165) is 19.3 Å². The predicted octanol–water partition coefficient (Wildman–Crippen LogP) is 2.91. The van der Waals surface area contributed by atoms with Crippen LogP contribution in [0.25, 0.3) is 0 Å². The topological polar surface area (TPSA) is 29.1 Å². The molecule has 1 rings (SSSR count). The third-order valence-corrected chi connectivity index (χ3v) is 4.14. The standard InChI is InChI=1S/C13H25NO/c1-6-8-13(5)10(3)11(15)9-12(4,7-2)14-13/h10,14H,6-9H2,1-5H3. The number of carbonyl (C=O) groups is 1. The Kier molecular flexibility index (Phi) is 3.59. The van der Waals surface area contributed by atoms with Crippen LogP contribution < -0.4 is 5.32 Å². The van der Waals surface area contributed by atoms with Crippen LogP contribution in [0, 0.1) is 5.92 Å². The first-order chi connectivity index (χ1) is 6.87.